The van der Waals surface area contributed by atoms with Crippen LogP contribution in [0, 0.1) is 5.82 Å². The van der Waals surface area contributed by atoms with Gasteiger partial charge in [-0.15, -0.1) is 11.8 Å². The Hall–Kier alpha value is -2.34. The van der Waals surface area contributed by atoms with E-state index in [1.54, 1.807) is 0 Å². The van der Waals surface area contributed by atoms with Crippen LogP contribution in [0.2, 0.25) is 0 Å². The van der Waals surface area contributed by atoms with E-state index in [1.807, 2.05) is 29.2 Å². The third-order valence-corrected chi connectivity index (χ3v) is 5.23. The number of carbonyl (C=O) groups is 2. The molecule has 1 heterocycles. The van der Waals surface area contributed by atoms with E-state index in [4.69, 9.17) is 0 Å². The number of amides is 2. The fourth-order valence-corrected chi connectivity index (χ4v) is 3.63. The number of anilines is 1. The van der Waals surface area contributed by atoms with Crippen molar-refractivity contribution in [3.8, 4) is 0 Å². The Morgan fingerprint density at radius 2 is 1.65 bits per heavy atom. The molecule has 1 aliphatic rings. The molecule has 2 amide bonds. The highest BCUT2D eigenvalue weighted by Gasteiger charge is 2.19. The smallest absolute Gasteiger partial charge is 0.253 e. The molecule has 1 saturated heterocycles. The van der Waals surface area contributed by atoms with Crippen molar-refractivity contribution in [2.45, 2.75) is 18.6 Å². The molecule has 2 aromatic carbocycles. The summed E-state index contributed by atoms with van der Waals surface area (Å²) in [6.07, 6.45) is 2.17. The lowest BCUT2D eigenvalue weighted by atomic mass is 10.1. The number of hydrogen-bond donors (Lipinski definition) is 1. The van der Waals surface area contributed by atoms with Crippen molar-refractivity contribution in [2.24, 2.45) is 0 Å². The second-order valence-electron chi connectivity index (χ2n) is 6.24. The molecule has 0 aliphatic carbocycles. The highest BCUT2D eigenvalue weighted by Crippen LogP contribution is 2.17. The van der Waals surface area contributed by atoms with Crippen LogP contribution in [0.15, 0.2) is 48.5 Å². The molecule has 26 heavy (non-hydrogen) atoms. The van der Waals surface area contributed by atoms with Crippen LogP contribution in [0.3, 0.4) is 0 Å². The Kier molecular flexibility index (Phi) is 6.28. The van der Waals surface area contributed by atoms with Crippen molar-refractivity contribution in [3.63, 3.8) is 0 Å². The van der Waals surface area contributed by atoms with E-state index < -0.39 is 0 Å². The summed E-state index contributed by atoms with van der Waals surface area (Å²) in [5, 5.41) is 2.73. The highest BCUT2D eigenvalue weighted by atomic mass is 32.2. The normalized spacial score (nSPS) is 13.7. The van der Waals surface area contributed by atoms with Crippen LogP contribution in [0.4, 0.5) is 10.1 Å². The maximum Gasteiger partial charge on any atom is 0.253 e. The predicted molar refractivity (Wildman–Crippen MR) is 103 cm³/mol. The second-order valence-corrected chi connectivity index (χ2v) is 7.23. The van der Waals surface area contributed by atoms with Gasteiger partial charge in [0.05, 0.1) is 5.75 Å². The van der Waals surface area contributed by atoms with Crippen LogP contribution in [-0.2, 0) is 10.5 Å². The monoisotopic (exact) mass is 372 g/mol. The van der Waals surface area contributed by atoms with Crippen molar-refractivity contribution in [2.75, 3.05) is 24.2 Å². The highest BCUT2D eigenvalue weighted by molar-refractivity contribution is 7.99. The molecule has 1 N–H and O–H groups in total. The molecule has 0 spiro atoms. The van der Waals surface area contributed by atoms with Gasteiger partial charge >= 0.3 is 0 Å². The van der Waals surface area contributed by atoms with Gasteiger partial charge in [0.2, 0.25) is 5.91 Å². The van der Waals surface area contributed by atoms with Gasteiger partial charge in [-0.05, 0) is 54.8 Å². The predicted octanol–water partition coefficient (Wildman–Crippen LogP) is 3.93. The van der Waals surface area contributed by atoms with Crippen LogP contribution in [-0.4, -0.2) is 35.6 Å². The summed E-state index contributed by atoms with van der Waals surface area (Å²) < 4.78 is 12.8. The standard InChI is InChI=1S/C20H21FN2O2S/c21-17-7-9-18(10-8-17)22-19(24)14-26-13-15-3-5-16(6-4-15)20(25)23-11-1-2-12-23/h3-10H,1-2,11-14H2,(H,22,24). The summed E-state index contributed by atoms with van der Waals surface area (Å²) in [5.41, 5.74) is 2.37. The molecular formula is C20H21FN2O2S. The van der Waals surface area contributed by atoms with E-state index in [-0.39, 0.29) is 17.6 Å². The Balaban J connectivity index is 1.43. The van der Waals surface area contributed by atoms with E-state index >= 15 is 0 Å². The van der Waals surface area contributed by atoms with Gasteiger partial charge < -0.3 is 10.2 Å². The summed E-state index contributed by atoms with van der Waals surface area (Å²) in [5.74, 6) is 0.646. The van der Waals surface area contributed by atoms with Crippen molar-refractivity contribution in [1.82, 2.24) is 4.90 Å². The Morgan fingerprint density at radius 1 is 1.00 bits per heavy atom. The number of nitrogens with one attached hydrogen (secondary N) is 1. The minimum absolute atomic E-state index is 0.0976. The van der Waals surface area contributed by atoms with Gasteiger partial charge in [0.25, 0.3) is 5.91 Å². The zero-order chi connectivity index (χ0) is 18.4. The number of hydrogen-bond acceptors (Lipinski definition) is 3. The summed E-state index contributed by atoms with van der Waals surface area (Å²) in [6.45, 7) is 1.69. The van der Waals surface area contributed by atoms with Gasteiger partial charge in [-0.2, -0.15) is 0 Å². The largest absolute Gasteiger partial charge is 0.339 e. The van der Waals surface area contributed by atoms with Crippen molar-refractivity contribution >= 4 is 29.3 Å². The number of carbonyl (C=O) groups excluding carboxylic acids is 2. The van der Waals surface area contributed by atoms with Gasteiger partial charge in [0.1, 0.15) is 5.82 Å². The first-order valence-corrected chi connectivity index (χ1v) is 9.79. The van der Waals surface area contributed by atoms with E-state index in [0.29, 0.717) is 17.2 Å². The number of likely N-dealkylation sites (tertiary alicyclic amines) is 1. The molecule has 0 unspecified atom stereocenters. The third-order valence-electron chi connectivity index (χ3n) is 4.22. The summed E-state index contributed by atoms with van der Waals surface area (Å²) in [6, 6.07) is 13.3. The van der Waals surface area contributed by atoms with Crippen molar-refractivity contribution in [1.29, 1.82) is 0 Å². The number of thioether (sulfide) groups is 1. The van der Waals surface area contributed by atoms with Crippen LogP contribution >= 0.6 is 11.8 Å². The molecule has 2 aromatic rings. The SMILES string of the molecule is O=C(CSCc1ccc(C(=O)N2CCCC2)cc1)Nc1ccc(F)cc1. The Bertz CT molecular complexity index is 756. The molecule has 1 fully saturated rings. The van der Waals surface area contributed by atoms with E-state index in [9.17, 15) is 14.0 Å². The Labute approximate surface area is 156 Å². The van der Waals surface area contributed by atoms with E-state index in [1.165, 1.54) is 36.0 Å². The minimum atomic E-state index is -0.330. The van der Waals surface area contributed by atoms with Crippen LogP contribution in [0.5, 0.6) is 0 Å². The maximum atomic E-state index is 12.8. The molecule has 6 heteroatoms. The zero-order valence-electron chi connectivity index (χ0n) is 14.4. The fraction of sp³-hybridized carbons (Fsp3) is 0.300. The summed E-state index contributed by atoms with van der Waals surface area (Å²) in [4.78, 5) is 26.1. The van der Waals surface area contributed by atoms with Crippen LogP contribution in [0.1, 0.15) is 28.8 Å². The molecular weight excluding hydrogens is 351 g/mol. The number of benzene rings is 2. The first-order valence-electron chi connectivity index (χ1n) is 8.63. The van der Waals surface area contributed by atoms with E-state index in [0.717, 1.165) is 37.1 Å². The van der Waals surface area contributed by atoms with Crippen molar-refractivity contribution < 1.29 is 14.0 Å². The average molecular weight is 372 g/mol. The fourth-order valence-electron chi connectivity index (χ4n) is 2.84. The lowest BCUT2D eigenvalue weighted by Gasteiger charge is -2.15. The number of rotatable bonds is 6. The number of halogens is 1. The minimum Gasteiger partial charge on any atom is -0.339 e. The first kappa shape index (κ1) is 18.5. The summed E-state index contributed by atoms with van der Waals surface area (Å²) in [7, 11) is 0. The molecule has 0 aromatic heterocycles. The topological polar surface area (TPSA) is 49.4 Å². The van der Waals surface area contributed by atoms with Crippen LogP contribution in [0.25, 0.3) is 0 Å². The molecule has 0 bridgehead atoms. The van der Waals surface area contributed by atoms with Gasteiger partial charge in [-0.3, -0.25) is 9.59 Å². The quantitative estimate of drug-likeness (QED) is 0.836. The third kappa shape index (κ3) is 5.08. The first-order chi connectivity index (χ1) is 12.6. The van der Waals surface area contributed by atoms with Gasteiger partial charge in [-0.25, -0.2) is 4.39 Å². The zero-order valence-corrected chi connectivity index (χ0v) is 15.2. The molecule has 1 aliphatic heterocycles. The molecule has 3 rings (SSSR count). The summed E-state index contributed by atoms with van der Waals surface area (Å²) >= 11 is 1.49. The average Bonchev–Trinajstić information content (AvgIpc) is 3.18. The lowest BCUT2D eigenvalue weighted by molar-refractivity contribution is -0.113. The molecule has 4 nitrogen and oxygen atoms in total. The Morgan fingerprint density at radius 3 is 2.31 bits per heavy atom. The molecule has 0 radical (unpaired) electrons. The van der Waals surface area contributed by atoms with Gasteiger partial charge in [-0.1, -0.05) is 12.1 Å². The maximum absolute atomic E-state index is 12.8. The molecule has 0 atom stereocenters. The van der Waals surface area contributed by atoms with Gasteiger partial charge in [0.15, 0.2) is 0 Å². The van der Waals surface area contributed by atoms with Gasteiger partial charge in [0, 0.05) is 30.1 Å². The van der Waals surface area contributed by atoms with E-state index in [2.05, 4.69) is 5.32 Å². The van der Waals surface area contributed by atoms with Crippen LogP contribution < -0.4 is 5.32 Å². The van der Waals surface area contributed by atoms with Crippen molar-refractivity contribution in [3.05, 3.63) is 65.5 Å². The lowest BCUT2D eigenvalue weighted by Crippen LogP contribution is -2.27. The number of nitrogens with zero attached hydrogens (tertiary/aromatic N) is 1. The molecule has 136 valence electrons. The molecule has 0 saturated carbocycles. The second kappa shape index (κ2) is 8.85.